The van der Waals surface area contributed by atoms with Gasteiger partial charge in [-0.1, -0.05) is 18.9 Å². The molecule has 3 rings (SSSR count). The van der Waals surface area contributed by atoms with Crippen LogP contribution in [-0.4, -0.2) is 56.3 Å². The van der Waals surface area contributed by atoms with Gasteiger partial charge in [-0.2, -0.15) is 0 Å². The van der Waals surface area contributed by atoms with E-state index < -0.39 is 0 Å². The van der Waals surface area contributed by atoms with Crippen LogP contribution in [0.2, 0.25) is 0 Å². The summed E-state index contributed by atoms with van der Waals surface area (Å²) in [6, 6.07) is 11.4. The van der Waals surface area contributed by atoms with Gasteiger partial charge in [0.2, 0.25) is 0 Å². The molecule has 0 bridgehead atoms. The Morgan fingerprint density at radius 1 is 1.07 bits per heavy atom. The molecule has 1 aromatic heterocycles. The van der Waals surface area contributed by atoms with Crippen LogP contribution in [0.5, 0.6) is 11.5 Å². The minimum Gasteiger partial charge on any atom is -0.493 e. The highest BCUT2D eigenvalue weighted by Crippen LogP contribution is 2.32. The van der Waals surface area contributed by atoms with Crippen LogP contribution < -0.4 is 9.47 Å². The van der Waals surface area contributed by atoms with Gasteiger partial charge >= 0.3 is 0 Å². The second-order valence-electron chi connectivity index (χ2n) is 6.91. The van der Waals surface area contributed by atoms with E-state index in [0.717, 1.165) is 24.1 Å². The number of amides is 1. The van der Waals surface area contributed by atoms with E-state index in [4.69, 9.17) is 14.2 Å². The summed E-state index contributed by atoms with van der Waals surface area (Å²) in [5.74, 6) is 1.25. The Kier molecular flexibility index (Phi) is 6.87. The normalized spacial score (nSPS) is 14.1. The zero-order valence-electron chi connectivity index (χ0n) is 16.8. The fourth-order valence-corrected chi connectivity index (χ4v) is 3.71. The van der Waals surface area contributed by atoms with Crippen molar-refractivity contribution in [2.24, 2.45) is 0 Å². The molecule has 1 amide bonds. The molecule has 0 unspecified atom stereocenters. The molecular formula is C22H28N2O4. The number of carbonyl (C=O) groups excluding carboxylic acids is 1. The SMILES string of the molecule is COCCN(C(=O)c1cccc(-c2ccc(OC)c(OC)c2)n1)C1CCCC1. The number of methoxy groups -OCH3 is 3. The van der Waals surface area contributed by atoms with Gasteiger partial charge in [-0.15, -0.1) is 0 Å². The van der Waals surface area contributed by atoms with Crippen LogP contribution in [0.25, 0.3) is 11.3 Å². The molecule has 1 heterocycles. The molecule has 150 valence electrons. The first kappa shape index (κ1) is 20.1. The van der Waals surface area contributed by atoms with Crippen LogP contribution in [0.3, 0.4) is 0 Å². The van der Waals surface area contributed by atoms with E-state index in [1.807, 2.05) is 35.2 Å². The molecule has 1 aliphatic carbocycles. The third-order valence-electron chi connectivity index (χ3n) is 5.21. The van der Waals surface area contributed by atoms with Crippen molar-refractivity contribution in [1.82, 2.24) is 9.88 Å². The van der Waals surface area contributed by atoms with Gasteiger partial charge in [0.05, 0.1) is 26.5 Å². The van der Waals surface area contributed by atoms with Gasteiger partial charge in [0, 0.05) is 25.3 Å². The summed E-state index contributed by atoms with van der Waals surface area (Å²) >= 11 is 0. The van der Waals surface area contributed by atoms with E-state index in [1.54, 1.807) is 27.4 Å². The number of ether oxygens (including phenoxy) is 3. The Labute approximate surface area is 166 Å². The molecule has 2 aromatic rings. The van der Waals surface area contributed by atoms with Crippen LogP contribution >= 0.6 is 0 Å². The lowest BCUT2D eigenvalue weighted by molar-refractivity contribution is 0.0600. The Hall–Kier alpha value is -2.60. The van der Waals surface area contributed by atoms with Crippen molar-refractivity contribution in [3.63, 3.8) is 0 Å². The van der Waals surface area contributed by atoms with Crippen LogP contribution in [0.1, 0.15) is 36.2 Å². The van der Waals surface area contributed by atoms with Crippen molar-refractivity contribution in [2.75, 3.05) is 34.5 Å². The van der Waals surface area contributed by atoms with Crippen LogP contribution in [0.15, 0.2) is 36.4 Å². The third-order valence-corrected chi connectivity index (χ3v) is 5.21. The number of aromatic nitrogens is 1. The number of nitrogens with zero attached hydrogens (tertiary/aromatic N) is 2. The van der Waals surface area contributed by atoms with Gasteiger partial charge in [-0.05, 0) is 43.2 Å². The van der Waals surface area contributed by atoms with Crippen LogP contribution in [0, 0.1) is 0 Å². The molecule has 0 radical (unpaired) electrons. The third kappa shape index (κ3) is 4.44. The van der Waals surface area contributed by atoms with Crippen LogP contribution in [0.4, 0.5) is 0 Å². The van der Waals surface area contributed by atoms with Gasteiger partial charge in [0.15, 0.2) is 11.5 Å². The first-order valence-electron chi connectivity index (χ1n) is 9.67. The van der Waals surface area contributed by atoms with E-state index in [9.17, 15) is 4.79 Å². The van der Waals surface area contributed by atoms with Crippen molar-refractivity contribution in [3.05, 3.63) is 42.1 Å². The van der Waals surface area contributed by atoms with Gasteiger partial charge in [0.1, 0.15) is 5.69 Å². The summed E-state index contributed by atoms with van der Waals surface area (Å²) in [6.45, 7) is 1.11. The first-order valence-corrected chi connectivity index (χ1v) is 9.67. The quantitative estimate of drug-likeness (QED) is 0.693. The van der Waals surface area contributed by atoms with Gasteiger partial charge in [-0.25, -0.2) is 4.98 Å². The van der Waals surface area contributed by atoms with Gasteiger partial charge in [-0.3, -0.25) is 4.79 Å². The lowest BCUT2D eigenvalue weighted by Gasteiger charge is -2.28. The molecule has 0 aliphatic heterocycles. The Morgan fingerprint density at radius 2 is 1.82 bits per heavy atom. The maximum Gasteiger partial charge on any atom is 0.272 e. The number of benzene rings is 1. The summed E-state index contributed by atoms with van der Waals surface area (Å²) in [4.78, 5) is 19.8. The highest BCUT2D eigenvalue weighted by atomic mass is 16.5. The number of hydrogen-bond donors (Lipinski definition) is 0. The van der Waals surface area contributed by atoms with E-state index in [-0.39, 0.29) is 11.9 Å². The average molecular weight is 384 g/mol. The van der Waals surface area contributed by atoms with Crippen molar-refractivity contribution < 1.29 is 19.0 Å². The van der Waals surface area contributed by atoms with Crippen molar-refractivity contribution in [1.29, 1.82) is 0 Å². The lowest BCUT2D eigenvalue weighted by Crippen LogP contribution is -2.41. The maximum absolute atomic E-state index is 13.2. The van der Waals surface area contributed by atoms with E-state index in [1.165, 1.54) is 12.8 Å². The predicted molar refractivity (Wildman–Crippen MR) is 108 cm³/mol. The second-order valence-corrected chi connectivity index (χ2v) is 6.91. The zero-order chi connectivity index (χ0) is 19.9. The topological polar surface area (TPSA) is 60.9 Å². The molecule has 0 saturated heterocycles. The van der Waals surface area contributed by atoms with Gasteiger partial charge in [0.25, 0.3) is 5.91 Å². The molecule has 1 aliphatic rings. The molecular weight excluding hydrogens is 356 g/mol. The summed E-state index contributed by atoms with van der Waals surface area (Å²) in [5, 5.41) is 0. The minimum absolute atomic E-state index is 0.0359. The molecule has 1 aromatic carbocycles. The maximum atomic E-state index is 13.2. The van der Waals surface area contributed by atoms with E-state index in [0.29, 0.717) is 30.3 Å². The molecule has 1 saturated carbocycles. The van der Waals surface area contributed by atoms with Gasteiger partial charge < -0.3 is 19.1 Å². The molecule has 6 heteroatoms. The second kappa shape index (κ2) is 9.55. The summed E-state index contributed by atoms with van der Waals surface area (Å²) in [7, 11) is 4.87. The zero-order valence-corrected chi connectivity index (χ0v) is 16.8. The largest absolute Gasteiger partial charge is 0.493 e. The van der Waals surface area contributed by atoms with Crippen LogP contribution in [-0.2, 0) is 4.74 Å². The number of carbonyl (C=O) groups is 1. The van der Waals surface area contributed by atoms with E-state index >= 15 is 0 Å². The first-order chi connectivity index (χ1) is 13.7. The molecule has 0 atom stereocenters. The summed E-state index contributed by atoms with van der Waals surface area (Å²) < 4.78 is 15.9. The number of rotatable bonds is 8. The fourth-order valence-electron chi connectivity index (χ4n) is 3.71. The molecule has 1 fully saturated rings. The highest BCUT2D eigenvalue weighted by molar-refractivity contribution is 5.93. The Morgan fingerprint density at radius 3 is 2.50 bits per heavy atom. The molecule has 0 spiro atoms. The smallest absolute Gasteiger partial charge is 0.272 e. The molecule has 28 heavy (non-hydrogen) atoms. The standard InChI is InChI=1S/C22H28N2O4/c1-26-14-13-24(17-7-4-5-8-17)22(25)19-10-6-9-18(23-19)16-11-12-20(27-2)21(15-16)28-3/h6,9-12,15,17H,4-5,7-8,13-14H2,1-3H3. The summed E-state index contributed by atoms with van der Waals surface area (Å²) in [5.41, 5.74) is 2.05. The van der Waals surface area contributed by atoms with Crippen molar-refractivity contribution in [3.8, 4) is 22.8 Å². The van der Waals surface area contributed by atoms with Crippen molar-refractivity contribution >= 4 is 5.91 Å². The molecule has 0 N–H and O–H groups in total. The van der Waals surface area contributed by atoms with Crippen molar-refractivity contribution in [2.45, 2.75) is 31.7 Å². The average Bonchev–Trinajstić information content (AvgIpc) is 3.28. The van der Waals surface area contributed by atoms with E-state index in [2.05, 4.69) is 4.98 Å². The monoisotopic (exact) mass is 384 g/mol. The lowest BCUT2D eigenvalue weighted by atomic mass is 10.1. The Bertz CT molecular complexity index is 803. The predicted octanol–water partition coefficient (Wildman–Crippen LogP) is 3.80. The highest BCUT2D eigenvalue weighted by Gasteiger charge is 2.28. The fraction of sp³-hybridized carbons (Fsp3) is 0.455. The minimum atomic E-state index is -0.0359. The Balaban J connectivity index is 1.88. The molecule has 6 nitrogen and oxygen atoms in total. The number of hydrogen-bond acceptors (Lipinski definition) is 5. The summed E-state index contributed by atoms with van der Waals surface area (Å²) in [6.07, 6.45) is 4.43. The number of pyridine rings is 1.